The molecule has 6 heteroatoms. The molecule has 37 heavy (non-hydrogen) atoms. The maximum Gasteiger partial charge on any atom is 0.127 e. The standard InChI is InChI=1S/C31H37F2N3O/c1-19-20(2)30-27(21(3)28(19)34)17-31(4,37-30)18-36-15-13-26(14-16-36)35-29(22-5-9-24(32)10-6-22)23-7-11-25(33)12-8-23/h5-12,26,29,35H,13-18,34H2,1-4H3. The first-order chi connectivity index (χ1) is 17.6. The van der Waals surface area contributed by atoms with E-state index in [4.69, 9.17) is 10.5 Å². The summed E-state index contributed by atoms with van der Waals surface area (Å²) in [6.07, 6.45) is 2.85. The SMILES string of the molecule is Cc1c(C)c2c(c(C)c1N)CC(C)(CN1CCC(NC(c3ccc(F)cc3)c3ccc(F)cc3)CC1)O2. The van der Waals surface area contributed by atoms with Crippen LogP contribution < -0.4 is 15.8 Å². The minimum atomic E-state index is -0.275. The molecule has 2 aliphatic heterocycles. The Hall–Kier alpha value is -2.96. The number of rotatable bonds is 6. The van der Waals surface area contributed by atoms with Crippen LogP contribution in [0.15, 0.2) is 48.5 Å². The third kappa shape index (κ3) is 5.23. The minimum absolute atomic E-state index is 0.123. The van der Waals surface area contributed by atoms with E-state index in [2.05, 4.69) is 37.9 Å². The molecule has 0 amide bonds. The molecule has 3 aromatic rings. The Kier molecular flexibility index (Phi) is 6.99. The lowest BCUT2D eigenvalue weighted by atomic mass is 9.91. The van der Waals surface area contributed by atoms with E-state index in [-0.39, 0.29) is 23.3 Å². The molecule has 0 spiro atoms. The zero-order chi connectivity index (χ0) is 26.3. The highest BCUT2D eigenvalue weighted by molar-refractivity contribution is 5.66. The molecule has 1 atom stereocenters. The van der Waals surface area contributed by atoms with Crippen LogP contribution in [0.1, 0.15) is 59.2 Å². The van der Waals surface area contributed by atoms with E-state index in [1.165, 1.54) is 29.8 Å². The van der Waals surface area contributed by atoms with Crippen molar-refractivity contribution in [2.24, 2.45) is 0 Å². The van der Waals surface area contributed by atoms with E-state index in [1.54, 1.807) is 24.3 Å². The molecule has 1 saturated heterocycles. The summed E-state index contributed by atoms with van der Waals surface area (Å²) in [5.74, 6) is 0.496. The zero-order valence-corrected chi connectivity index (χ0v) is 22.2. The second kappa shape index (κ2) is 10.1. The normalized spacial score (nSPS) is 20.3. The molecule has 1 unspecified atom stereocenters. The van der Waals surface area contributed by atoms with Gasteiger partial charge in [0, 0.05) is 30.3 Å². The summed E-state index contributed by atoms with van der Waals surface area (Å²) in [5.41, 5.74) is 13.6. The fourth-order valence-electron chi connectivity index (χ4n) is 5.97. The average molecular weight is 506 g/mol. The number of nitrogen functional groups attached to an aromatic ring is 1. The lowest BCUT2D eigenvalue weighted by molar-refractivity contribution is 0.0501. The number of ether oxygens (including phenoxy) is 1. The van der Waals surface area contributed by atoms with E-state index >= 15 is 0 Å². The first-order valence-corrected chi connectivity index (χ1v) is 13.2. The molecule has 0 aliphatic carbocycles. The molecule has 196 valence electrons. The van der Waals surface area contributed by atoms with Gasteiger partial charge >= 0.3 is 0 Å². The summed E-state index contributed by atoms with van der Waals surface area (Å²) in [6, 6.07) is 13.3. The first kappa shape index (κ1) is 25.7. The van der Waals surface area contributed by atoms with Gasteiger partial charge in [0.05, 0.1) is 6.04 Å². The Morgan fingerprint density at radius 2 is 1.46 bits per heavy atom. The first-order valence-electron chi connectivity index (χ1n) is 13.2. The van der Waals surface area contributed by atoms with Gasteiger partial charge in [0.2, 0.25) is 0 Å². The molecule has 2 aliphatic rings. The second-order valence-electron chi connectivity index (χ2n) is 11.1. The number of nitrogens with zero attached hydrogens (tertiary/aromatic N) is 1. The summed E-state index contributed by atoms with van der Waals surface area (Å²) in [5, 5.41) is 3.78. The van der Waals surface area contributed by atoms with E-state index in [0.717, 1.165) is 78.2 Å². The molecule has 4 nitrogen and oxygen atoms in total. The summed E-state index contributed by atoms with van der Waals surface area (Å²) < 4.78 is 33.8. The van der Waals surface area contributed by atoms with Crippen molar-refractivity contribution in [1.82, 2.24) is 10.2 Å². The number of benzene rings is 3. The summed E-state index contributed by atoms with van der Waals surface area (Å²) >= 11 is 0. The molecule has 3 N–H and O–H groups in total. The van der Waals surface area contributed by atoms with Gasteiger partial charge in [-0.3, -0.25) is 4.90 Å². The number of hydrogen-bond donors (Lipinski definition) is 2. The second-order valence-corrected chi connectivity index (χ2v) is 11.1. The fraction of sp³-hybridized carbons (Fsp3) is 0.419. The zero-order valence-electron chi connectivity index (χ0n) is 22.2. The van der Waals surface area contributed by atoms with Gasteiger partial charge in [-0.1, -0.05) is 24.3 Å². The molecule has 2 heterocycles. The quantitative estimate of drug-likeness (QED) is 0.403. The van der Waals surface area contributed by atoms with Crippen LogP contribution in [0.25, 0.3) is 0 Å². The van der Waals surface area contributed by atoms with Gasteiger partial charge < -0.3 is 15.8 Å². The Morgan fingerprint density at radius 3 is 2.00 bits per heavy atom. The molecule has 3 aromatic carbocycles. The van der Waals surface area contributed by atoms with Gasteiger partial charge in [-0.05, 0) is 106 Å². The number of piperidine rings is 1. The van der Waals surface area contributed by atoms with E-state index < -0.39 is 0 Å². The van der Waals surface area contributed by atoms with E-state index in [9.17, 15) is 8.78 Å². The van der Waals surface area contributed by atoms with Crippen molar-refractivity contribution in [3.05, 3.63) is 93.5 Å². The van der Waals surface area contributed by atoms with Crippen LogP contribution in [-0.2, 0) is 6.42 Å². The highest BCUT2D eigenvalue weighted by Gasteiger charge is 2.40. The van der Waals surface area contributed by atoms with Gasteiger partial charge in [0.15, 0.2) is 0 Å². The van der Waals surface area contributed by atoms with Gasteiger partial charge in [-0.2, -0.15) is 0 Å². The number of anilines is 1. The van der Waals surface area contributed by atoms with Gasteiger partial charge in [0.1, 0.15) is 23.0 Å². The average Bonchev–Trinajstić information content (AvgIpc) is 3.24. The topological polar surface area (TPSA) is 50.5 Å². The number of fused-ring (bicyclic) bond motifs is 1. The van der Waals surface area contributed by atoms with Gasteiger partial charge in [-0.15, -0.1) is 0 Å². The highest BCUT2D eigenvalue weighted by Crippen LogP contribution is 2.44. The Bertz CT molecular complexity index is 1180. The fourth-order valence-corrected chi connectivity index (χ4v) is 5.97. The lowest BCUT2D eigenvalue weighted by Crippen LogP contribution is -2.50. The van der Waals surface area contributed by atoms with E-state index in [1.807, 2.05) is 0 Å². The largest absolute Gasteiger partial charge is 0.485 e. The number of likely N-dealkylation sites (tertiary alicyclic amines) is 1. The molecule has 0 aromatic heterocycles. The number of nitrogens with one attached hydrogen (secondary N) is 1. The lowest BCUT2D eigenvalue weighted by Gasteiger charge is -2.38. The third-order valence-electron chi connectivity index (χ3n) is 8.29. The predicted octanol–water partition coefficient (Wildman–Crippen LogP) is 6.01. The smallest absolute Gasteiger partial charge is 0.127 e. The van der Waals surface area contributed by atoms with E-state index in [0.29, 0.717) is 6.04 Å². The number of hydrogen-bond acceptors (Lipinski definition) is 4. The van der Waals surface area contributed by atoms with Crippen molar-refractivity contribution in [1.29, 1.82) is 0 Å². The molecule has 0 bridgehead atoms. The van der Waals surface area contributed by atoms with Crippen LogP contribution in [0.5, 0.6) is 5.75 Å². The molecule has 5 rings (SSSR count). The highest BCUT2D eigenvalue weighted by atomic mass is 19.1. The van der Waals surface area contributed by atoms with Crippen LogP contribution in [0, 0.1) is 32.4 Å². The summed E-state index contributed by atoms with van der Waals surface area (Å²) in [7, 11) is 0. The summed E-state index contributed by atoms with van der Waals surface area (Å²) in [6.45, 7) is 11.3. The van der Waals surface area contributed by atoms with Crippen LogP contribution in [0.3, 0.4) is 0 Å². The van der Waals surface area contributed by atoms with Crippen LogP contribution in [-0.4, -0.2) is 36.2 Å². The van der Waals surface area contributed by atoms with Crippen molar-refractivity contribution >= 4 is 5.69 Å². The number of nitrogens with two attached hydrogens (primary N) is 1. The minimum Gasteiger partial charge on any atom is -0.485 e. The van der Waals surface area contributed by atoms with Crippen LogP contribution in [0.4, 0.5) is 14.5 Å². The van der Waals surface area contributed by atoms with Crippen molar-refractivity contribution in [2.75, 3.05) is 25.4 Å². The Labute approximate surface area is 218 Å². The van der Waals surface area contributed by atoms with Crippen LogP contribution in [0.2, 0.25) is 0 Å². The Morgan fingerprint density at radius 1 is 0.919 bits per heavy atom. The summed E-state index contributed by atoms with van der Waals surface area (Å²) in [4.78, 5) is 2.50. The van der Waals surface area contributed by atoms with Crippen molar-refractivity contribution in [3.63, 3.8) is 0 Å². The molecular formula is C31H37F2N3O. The molecule has 0 saturated carbocycles. The van der Waals surface area contributed by atoms with Crippen LogP contribution >= 0.6 is 0 Å². The maximum atomic E-state index is 13.6. The molecule has 1 fully saturated rings. The van der Waals surface area contributed by atoms with Gasteiger partial charge in [0.25, 0.3) is 0 Å². The van der Waals surface area contributed by atoms with Gasteiger partial charge in [-0.25, -0.2) is 8.78 Å². The van der Waals surface area contributed by atoms with Crippen molar-refractivity contribution in [2.45, 2.75) is 64.6 Å². The van der Waals surface area contributed by atoms with Crippen molar-refractivity contribution in [3.8, 4) is 5.75 Å². The third-order valence-corrected chi connectivity index (χ3v) is 8.29. The molecular weight excluding hydrogens is 468 g/mol. The maximum absolute atomic E-state index is 13.6. The Balaban J connectivity index is 1.24. The molecule has 0 radical (unpaired) electrons. The number of halogens is 2. The monoisotopic (exact) mass is 505 g/mol. The van der Waals surface area contributed by atoms with Crippen molar-refractivity contribution < 1.29 is 13.5 Å². The predicted molar refractivity (Wildman–Crippen MR) is 145 cm³/mol.